The van der Waals surface area contributed by atoms with Crippen LogP contribution < -0.4 is 10.1 Å². The number of thiophene rings is 1. The van der Waals surface area contributed by atoms with Crippen LogP contribution in [0.25, 0.3) is 0 Å². The fourth-order valence-electron chi connectivity index (χ4n) is 2.81. The van der Waals surface area contributed by atoms with Crippen LogP contribution in [0.2, 0.25) is 0 Å². The molecule has 0 saturated carbocycles. The van der Waals surface area contributed by atoms with Crippen molar-refractivity contribution in [2.75, 3.05) is 19.0 Å². The van der Waals surface area contributed by atoms with Gasteiger partial charge in [0.05, 0.1) is 7.11 Å². The lowest BCUT2D eigenvalue weighted by Gasteiger charge is -2.27. The summed E-state index contributed by atoms with van der Waals surface area (Å²) >= 11 is 1.72. The van der Waals surface area contributed by atoms with Crippen LogP contribution in [-0.4, -0.2) is 30.4 Å². The molecule has 1 aliphatic rings. The Kier molecular flexibility index (Phi) is 5.33. The van der Waals surface area contributed by atoms with Crippen LogP contribution in [0.4, 0.5) is 10.1 Å². The van der Waals surface area contributed by atoms with Gasteiger partial charge in [-0.15, -0.1) is 11.3 Å². The summed E-state index contributed by atoms with van der Waals surface area (Å²) in [6, 6.07) is 6.25. The second-order valence-electron chi connectivity index (χ2n) is 5.83. The minimum absolute atomic E-state index is 0.0343. The topological polar surface area (TPSA) is 58.6 Å². The molecule has 1 aromatic carbocycles. The minimum Gasteiger partial charge on any atom is -0.494 e. The van der Waals surface area contributed by atoms with Crippen molar-refractivity contribution in [2.24, 2.45) is 0 Å². The molecular formula is C18H19FN2O3S. The predicted molar refractivity (Wildman–Crippen MR) is 94.3 cm³/mol. The number of fused-ring (bicyclic) bond motifs is 1. The second kappa shape index (κ2) is 7.65. The van der Waals surface area contributed by atoms with Crippen molar-refractivity contribution in [2.45, 2.75) is 25.8 Å². The quantitative estimate of drug-likeness (QED) is 0.889. The van der Waals surface area contributed by atoms with Crippen molar-refractivity contribution in [1.29, 1.82) is 0 Å². The largest absolute Gasteiger partial charge is 0.494 e. The van der Waals surface area contributed by atoms with Crippen molar-refractivity contribution >= 4 is 28.8 Å². The zero-order valence-electron chi connectivity index (χ0n) is 13.9. The molecule has 5 nitrogen and oxygen atoms in total. The molecule has 0 fully saturated rings. The van der Waals surface area contributed by atoms with Crippen LogP contribution in [0.1, 0.15) is 23.3 Å². The first-order valence-corrected chi connectivity index (χ1v) is 8.91. The van der Waals surface area contributed by atoms with E-state index in [1.165, 1.54) is 29.7 Å². The molecule has 1 N–H and O–H groups in total. The number of carbonyl (C=O) groups is 2. The zero-order chi connectivity index (χ0) is 17.8. The second-order valence-corrected chi connectivity index (χ2v) is 6.83. The smallest absolute Gasteiger partial charge is 0.224 e. The monoisotopic (exact) mass is 362 g/mol. The molecule has 0 saturated heterocycles. The van der Waals surface area contributed by atoms with Gasteiger partial charge in [-0.05, 0) is 35.6 Å². The summed E-state index contributed by atoms with van der Waals surface area (Å²) in [7, 11) is 1.38. The molecule has 2 aromatic rings. The average Bonchev–Trinajstić information content (AvgIpc) is 3.07. The summed E-state index contributed by atoms with van der Waals surface area (Å²) in [5.74, 6) is -0.776. The molecular weight excluding hydrogens is 343 g/mol. The molecule has 0 radical (unpaired) electrons. The molecule has 0 unspecified atom stereocenters. The number of hydrogen-bond donors (Lipinski definition) is 1. The van der Waals surface area contributed by atoms with Crippen molar-refractivity contribution in [1.82, 2.24) is 4.90 Å². The first-order valence-electron chi connectivity index (χ1n) is 8.03. The highest BCUT2D eigenvalue weighted by Crippen LogP contribution is 2.24. The molecule has 1 aromatic heterocycles. The predicted octanol–water partition coefficient (Wildman–Crippen LogP) is 3.20. The summed E-state index contributed by atoms with van der Waals surface area (Å²) in [5, 5.41) is 4.64. The molecule has 0 aliphatic carbocycles. The standard InChI is InChI=1S/C18H19FN2O3S/c1-24-15-3-2-13(10-14(15)19)20-17(22)4-5-18(23)21-8-6-16-12(11-21)7-9-25-16/h2-3,7,9-10H,4-6,8,11H2,1H3,(H,20,22). The summed E-state index contributed by atoms with van der Waals surface area (Å²) in [5.41, 5.74) is 1.54. The van der Waals surface area contributed by atoms with E-state index in [9.17, 15) is 14.0 Å². The first-order chi connectivity index (χ1) is 12.1. The van der Waals surface area contributed by atoms with Crippen LogP contribution >= 0.6 is 11.3 Å². The van der Waals surface area contributed by atoms with Crippen molar-refractivity contribution < 1.29 is 18.7 Å². The van der Waals surface area contributed by atoms with Crippen LogP contribution in [-0.2, 0) is 22.6 Å². The fraction of sp³-hybridized carbons (Fsp3) is 0.333. The van der Waals surface area contributed by atoms with Gasteiger partial charge >= 0.3 is 0 Å². The van der Waals surface area contributed by atoms with E-state index in [-0.39, 0.29) is 30.4 Å². The zero-order valence-corrected chi connectivity index (χ0v) is 14.7. The van der Waals surface area contributed by atoms with Gasteiger partial charge in [-0.2, -0.15) is 0 Å². The highest BCUT2D eigenvalue weighted by Gasteiger charge is 2.21. The van der Waals surface area contributed by atoms with Gasteiger partial charge in [0, 0.05) is 42.6 Å². The summed E-state index contributed by atoms with van der Waals surface area (Å²) in [6.07, 6.45) is 1.08. The Morgan fingerprint density at radius 3 is 2.92 bits per heavy atom. The van der Waals surface area contributed by atoms with Gasteiger partial charge in [-0.3, -0.25) is 9.59 Å². The number of methoxy groups -OCH3 is 1. The van der Waals surface area contributed by atoms with Gasteiger partial charge in [0.25, 0.3) is 0 Å². The molecule has 0 spiro atoms. The third kappa shape index (κ3) is 4.17. The Bertz CT molecular complexity index is 790. The lowest BCUT2D eigenvalue weighted by molar-refractivity contribution is -0.133. The molecule has 3 rings (SSSR count). The van der Waals surface area contributed by atoms with Gasteiger partial charge in [0.2, 0.25) is 11.8 Å². The molecule has 0 bridgehead atoms. The highest BCUT2D eigenvalue weighted by molar-refractivity contribution is 7.10. The SMILES string of the molecule is COc1ccc(NC(=O)CCC(=O)N2CCc3sccc3C2)cc1F. The lowest BCUT2D eigenvalue weighted by atomic mass is 10.1. The maximum Gasteiger partial charge on any atom is 0.224 e. The molecule has 2 amide bonds. The van der Waals surface area contributed by atoms with Crippen molar-refractivity contribution in [3.05, 3.63) is 45.9 Å². The highest BCUT2D eigenvalue weighted by atomic mass is 32.1. The third-order valence-electron chi connectivity index (χ3n) is 4.16. The van der Waals surface area contributed by atoms with Crippen LogP contribution in [0, 0.1) is 5.82 Å². The molecule has 7 heteroatoms. The van der Waals surface area contributed by atoms with E-state index in [1.54, 1.807) is 22.3 Å². The Balaban J connectivity index is 1.49. The number of hydrogen-bond acceptors (Lipinski definition) is 4. The Hall–Kier alpha value is -2.41. The number of ether oxygens (including phenoxy) is 1. The normalized spacial score (nSPS) is 13.3. The van der Waals surface area contributed by atoms with Gasteiger partial charge in [0.1, 0.15) is 0 Å². The van der Waals surface area contributed by atoms with E-state index in [2.05, 4.69) is 5.32 Å². The third-order valence-corrected chi connectivity index (χ3v) is 5.18. The van der Waals surface area contributed by atoms with E-state index in [0.29, 0.717) is 18.8 Å². The van der Waals surface area contributed by atoms with Gasteiger partial charge in [0.15, 0.2) is 11.6 Å². The van der Waals surface area contributed by atoms with Gasteiger partial charge in [-0.1, -0.05) is 0 Å². The number of carbonyl (C=O) groups excluding carboxylic acids is 2. The number of benzene rings is 1. The van der Waals surface area contributed by atoms with Gasteiger partial charge < -0.3 is 15.0 Å². The summed E-state index contributed by atoms with van der Waals surface area (Å²) in [6.45, 7) is 1.31. The minimum atomic E-state index is -0.545. The van der Waals surface area contributed by atoms with Crippen LogP contribution in [0.15, 0.2) is 29.6 Å². The molecule has 2 heterocycles. The van der Waals surface area contributed by atoms with E-state index < -0.39 is 5.82 Å². The maximum atomic E-state index is 13.6. The molecule has 25 heavy (non-hydrogen) atoms. The number of anilines is 1. The first kappa shape index (κ1) is 17.4. The van der Waals surface area contributed by atoms with Crippen molar-refractivity contribution in [3.63, 3.8) is 0 Å². The Morgan fingerprint density at radius 2 is 2.16 bits per heavy atom. The Labute approximate surface area is 149 Å². The van der Waals surface area contributed by atoms with E-state index >= 15 is 0 Å². The Morgan fingerprint density at radius 1 is 1.32 bits per heavy atom. The maximum absolute atomic E-state index is 13.6. The van der Waals surface area contributed by atoms with Crippen LogP contribution in [0.3, 0.4) is 0 Å². The van der Waals surface area contributed by atoms with E-state index in [1.807, 2.05) is 11.4 Å². The summed E-state index contributed by atoms with van der Waals surface area (Å²) in [4.78, 5) is 27.4. The number of amides is 2. The number of rotatable bonds is 5. The number of nitrogens with zero attached hydrogens (tertiary/aromatic N) is 1. The fourth-order valence-corrected chi connectivity index (χ4v) is 3.70. The van der Waals surface area contributed by atoms with Gasteiger partial charge in [-0.25, -0.2) is 4.39 Å². The van der Waals surface area contributed by atoms with E-state index in [0.717, 1.165) is 6.42 Å². The van der Waals surface area contributed by atoms with Crippen LogP contribution in [0.5, 0.6) is 5.75 Å². The summed E-state index contributed by atoms with van der Waals surface area (Å²) < 4.78 is 18.4. The number of nitrogens with one attached hydrogen (secondary N) is 1. The lowest BCUT2D eigenvalue weighted by Crippen LogP contribution is -2.35. The average molecular weight is 362 g/mol. The molecule has 1 aliphatic heterocycles. The molecule has 132 valence electrons. The van der Waals surface area contributed by atoms with Crippen molar-refractivity contribution in [3.8, 4) is 5.75 Å². The number of halogens is 1. The molecule has 0 atom stereocenters. The van der Waals surface area contributed by atoms with E-state index in [4.69, 9.17) is 4.74 Å².